The van der Waals surface area contributed by atoms with Crippen molar-refractivity contribution in [3.63, 3.8) is 0 Å². The summed E-state index contributed by atoms with van der Waals surface area (Å²) in [4.78, 5) is 22.7. The first-order chi connectivity index (χ1) is 8.63. The Kier molecular flexibility index (Phi) is 4.06. The highest BCUT2D eigenvalue weighted by Crippen LogP contribution is 2.27. The highest BCUT2D eigenvalue weighted by molar-refractivity contribution is 5.72. The number of hydrogen-bond donors (Lipinski definition) is 0. The zero-order valence-electron chi connectivity index (χ0n) is 10.6. The minimum atomic E-state index is -0.680. The Balaban J connectivity index is 1.84. The first-order valence-electron chi connectivity index (χ1n) is 6.33. The third kappa shape index (κ3) is 2.75. The summed E-state index contributed by atoms with van der Waals surface area (Å²) in [6.45, 7) is 4.09. The second-order valence-corrected chi connectivity index (χ2v) is 4.51. The lowest BCUT2D eigenvalue weighted by Gasteiger charge is -2.29. The van der Waals surface area contributed by atoms with Crippen LogP contribution in [0.3, 0.4) is 0 Å². The van der Waals surface area contributed by atoms with E-state index in [-0.39, 0.29) is 30.7 Å². The van der Waals surface area contributed by atoms with E-state index in [1.807, 2.05) is 13.8 Å². The molecule has 6 heteroatoms. The molecule has 0 saturated carbocycles. The van der Waals surface area contributed by atoms with Crippen LogP contribution in [0.5, 0.6) is 0 Å². The van der Waals surface area contributed by atoms with Crippen LogP contribution in [-0.2, 0) is 23.7 Å². The van der Waals surface area contributed by atoms with Crippen molar-refractivity contribution in [1.29, 1.82) is 0 Å². The SMILES string of the molecule is CCC(CC)C(=O)OC1CC2OC(=O)OC2CO1. The van der Waals surface area contributed by atoms with E-state index in [1.165, 1.54) is 0 Å². The zero-order valence-corrected chi connectivity index (χ0v) is 10.6. The second-order valence-electron chi connectivity index (χ2n) is 4.51. The molecule has 0 aromatic rings. The summed E-state index contributed by atoms with van der Waals surface area (Å²) < 4.78 is 20.5. The second kappa shape index (κ2) is 5.56. The molecule has 0 aliphatic carbocycles. The van der Waals surface area contributed by atoms with Gasteiger partial charge in [-0.1, -0.05) is 13.8 Å². The fourth-order valence-electron chi connectivity index (χ4n) is 2.16. The number of hydrogen-bond acceptors (Lipinski definition) is 6. The van der Waals surface area contributed by atoms with Crippen LogP contribution < -0.4 is 0 Å². The zero-order chi connectivity index (χ0) is 13.1. The Morgan fingerprint density at radius 2 is 2.00 bits per heavy atom. The van der Waals surface area contributed by atoms with Gasteiger partial charge in [-0.05, 0) is 12.8 Å². The van der Waals surface area contributed by atoms with Crippen LogP contribution in [0, 0.1) is 5.92 Å². The van der Waals surface area contributed by atoms with E-state index in [0.717, 1.165) is 12.8 Å². The Hall–Kier alpha value is -1.30. The normalized spacial score (nSPS) is 30.6. The quantitative estimate of drug-likeness (QED) is 0.713. The van der Waals surface area contributed by atoms with Gasteiger partial charge >= 0.3 is 12.1 Å². The molecule has 2 heterocycles. The van der Waals surface area contributed by atoms with Crippen LogP contribution >= 0.6 is 0 Å². The van der Waals surface area contributed by atoms with E-state index in [1.54, 1.807) is 0 Å². The molecule has 3 atom stereocenters. The molecule has 2 saturated heterocycles. The molecule has 0 bridgehead atoms. The van der Waals surface area contributed by atoms with Gasteiger partial charge in [0.25, 0.3) is 0 Å². The van der Waals surface area contributed by atoms with E-state index in [4.69, 9.17) is 18.9 Å². The van der Waals surface area contributed by atoms with Crippen molar-refractivity contribution in [3.8, 4) is 0 Å². The minimum Gasteiger partial charge on any atom is -0.435 e. The largest absolute Gasteiger partial charge is 0.509 e. The molecule has 18 heavy (non-hydrogen) atoms. The van der Waals surface area contributed by atoms with Crippen molar-refractivity contribution < 1.29 is 28.5 Å². The van der Waals surface area contributed by atoms with Crippen molar-refractivity contribution in [2.45, 2.75) is 51.6 Å². The molecule has 6 nitrogen and oxygen atoms in total. The summed E-state index contributed by atoms with van der Waals surface area (Å²) in [6, 6.07) is 0. The standard InChI is InChI=1S/C12H18O6/c1-3-7(4-2)11(13)18-10-5-8-9(6-15-10)17-12(14)16-8/h7-10H,3-6H2,1-2H3. The Morgan fingerprint density at radius 1 is 1.33 bits per heavy atom. The molecule has 3 unspecified atom stereocenters. The topological polar surface area (TPSA) is 71.1 Å². The third-order valence-electron chi connectivity index (χ3n) is 3.35. The van der Waals surface area contributed by atoms with Gasteiger partial charge in [-0.3, -0.25) is 4.79 Å². The number of esters is 1. The minimum absolute atomic E-state index is 0.103. The number of rotatable bonds is 4. The van der Waals surface area contributed by atoms with Crippen molar-refractivity contribution in [2.75, 3.05) is 6.61 Å². The van der Waals surface area contributed by atoms with Gasteiger partial charge in [0.15, 0.2) is 12.2 Å². The molecule has 0 N–H and O–H groups in total. The Bertz CT molecular complexity index is 325. The number of carbonyl (C=O) groups excluding carboxylic acids is 2. The maximum atomic E-state index is 11.8. The summed E-state index contributed by atoms with van der Waals surface area (Å²) >= 11 is 0. The smallest absolute Gasteiger partial charge is 0.435 e. The van der Waals surface area contributed by atoms with Gasteiger partial charge in [0, 0.05) is 0 Å². The van der Waals surface area contributed by atoms with E-state index in [9.17, 15) is 9.59 Å². The van der Waals surface area contributed by atoms with E-state index >= 15 is 0 Å². The summed E-state index contributed by atoms with van der Waals surface area (Å²) in [5, 5.41) is 0. The molecule has 0 amide bonds. The van der Waals surface area contributed by atoms with Crippen LogP contribution in [0.15, 0.2) is 0 Å². The van der Waals surface area contributed by atoms with Crippen molar-refractivity contribution in [1.82, 2.24) is 0 Å². The highest BCUT2D eigenvalue weighted by atomic mass is 16.8. The summed E-state index contributed by atoms with van der Waals surface area (Å²) in [6.07, 6.45) is -0.249. The van der Waals surface area contributed by atoms with Crippen LogP contribution in [0.25, 0.3) is 0 Å². The molecular formula is C12H18O6. The number of carbonyl (C=O) groups is 2. The van der Waals surface area contributed by atoms with Gasteiger partial charge in [0.2, 0.25) is 6.29 Å². The maximum absolute atomic E-state index is 11.8. The fourth-order valence-corrected chi connectivity index (χ4v) is 2.16. The first-order valence-corrected chi connectivity index (χ1v) is 6.33. The van der Waals surface area contributed by atoms with Crippen LogP contribution in [0.1, 0.15) is 33.1 Å². The molecule has 2 aliphatic heterocycles. The Morgan fingerprint density at radius 3 is 2.67 bits per heavy atom. The van der Waals surface area contributed by atoms with E-state index in [2.05, 4.69) is 0 Å². The fraction of sp³-hybridized carbons (Fsp3) is 0.833. The lowest BCUT2D eigenvalue weighted by atomic mass is 10.0. The molecule has 0 aromatic carbocycles. The van der Waals surface area contributed by atoms with Gasteiger partial charge in [-0.25, -0.2) is 4.79 Å². The first kappa shape index (κ1) is 13.1. The van der Waals surface area contributed by atoms with Gasteiger partial charge in [-0.15, -0.1) is 0 Å². The maximum Gasteiger partial charge on any atom is 0.509 e. The predicted octanol–water partition coefficient (Wildman–Crippen LogP) is 1.62. The van der Waals surface area contributed by atoms with Crippen molar-refractivity contribution in [2.24, 2.45) is 5.92 Å². The van der Waals surface area contributed by atoms with E-state index in [0.29, 0.717) is 6.42 Å². The number of ether oxygens (including phenoxy) is 4. The van der Waals surface area contributed by atoms with Crippen LogP contribution in [0.2, 0.25) is 0 Å². The van der Waals surface area contributed by atoms with E-state index < -0.39 is 12.4 Å². The Labute approximate surface area is 106 Å². The number of fused-ring (bicyclic) bond motifs is 1. The molecule has 0 radical (unpaired) electrons. The van der Waals surface area contributed by atoms with Crippen LogP contribution in [0.4, 0.5) is 4.79 Å². The van der Waals surface area contributed by atoms with Gasteiger partial charge in [0.1, 0.15) is 0 Å². The van der Waals surface area contributed by atoms with Gasteiger partial charge in [0.05, 0.1) is 18.9 Å². The molecule has 2 rings (SSSR count). The molecular weight excluding hydrogens is 240 g/mol. The summed E-state index contributed by atoms with van der Waals surface area (Å²) in [5.41, 5.74) is 0. The molecule has 102 valence electrons. The summed E-state index contributed by atoms with van der Waals surface area (Å²) in [5.74, 6) is -0.359. The predicted molar refractivity (Wildman–Crippen MR) is 59.7 cm³/mol. The van der Waals surface area contributed by atoms with Crippen LogP contribution in [-0.4, -0.2) is 37.2 Å². The lowest BCUT2D eigenvalue weighted by molar-refractivity contribution is -0.207. The monoisotopic (exact) mass is 258 g/mol. The molecule has 2 fully saturated rings. The lowest BCUT2D eigenvalue weighted by Crippen LogP contribution is -2.41. The molecule has 0 spiro atoms. The highest BCUT2D eigenvalue weighted by Gasteiger charge is 2.43. The summed E-state index contributed by atoms with van der Waals surface area (Å²) in [7, 11) is 0. The molecule has 2 aliphatic rings. The van der Waals surface area contributed by atoms with Gasteiger partial charge < -0.3 is 18.9 Å². The third-order valence-corrected chi connectivity index (χ3v) is 3.35. The van der Waals surface area contributed by atoms with Crippen molar-refractivity contribution >= 4 is 12.1 Å². The average Bonchev–Trinajstić information content (AvgIpc) is 2.70. The van der Waals surface area contributed by atoms with Crippen molar-refractivity contribution in [3.05, 3.63) is 0 Å². The van der Waals surface area contributed by atoms with Gasteiger partial charge in [-0.2, -0.15) is 0 Å². The average molecular weight is 258 g/mol. The molecule has 0 aromatic heterocycles.